The van der Waals surface area contributed by atoms with Crippen LogP contribution in [0.1, 0.15) is 62.3 Å². The summed E-state index contributed by atoms with van der Waals surface area (Å²) in [5, 5.41) is 29.4. The first-order valence-electron chi connectivity index (χ1n) is 21.2. The molecule has 4 N–H and O–H groups in total. The van der Waals surface area contributed by atoms with Gasteiger partial charge in [-0.1, -0.05) is 11.6 Å². The minimum absolute atomic E-state index is 0. The molecular formula is C42H44ClF6N18NaO2. The summed E-state index contributed by atoms with van der Waals surface area (Å²) in [6.45, 7) is 9.57. The molecule has 6 atom stereocenters. The second-order valence-electron chi connectivity index (χ2n) is 16.2. The normalized spacial score (nSPS) is 20.6. The molecular weight excluding hydrogens is 961 g/mol. The number of aromatic amines is 2. The van der Waals surface area contributed by atoms with Crippen molar-refractivity contribution in [1.82, 2.24) is 79.7 Å². The molecule has 2 fully saturated rings. The van der Waals surface area contributed by atoms with Crippen LogP contribution in [-0.4, -0.2) is 121 Å². The van der Waals surface area contributed by atoms with Gasteiger partial charge in [0.15, 0.2) is 34.3 Å². The Morgan fingerprint density at radius 1 is 0.629 bits per heavy atom. The molecule has 10 heterocycles. The minimum atomic E-state index is -4.59. The fraction of sp³-hybridized carbons (Fsp3) is 0.381. The van der Waals surface area contributed by atoms with E-state index in [-0.39, 0.29) is 99.6 Å². The smallest absolute Gasteiger partial charge is 0.857 e. The summed E-state index contributed by atoms with van der Waals surface area (Å²) in [7, 11) is 2.23. The van der Waals surface area contributed by atoms with Gasteiger partial charge in [0.2, 0.25) is 5.88 Å². The van der Waals surface area contributed by atoms with Gasteiger partial charge in [-0.2, -0.15) is 48.6 Å². The van der Waals surface area contributed by atoms with Gasteiger partial charge < -0.3 is 30.3 Å². The number of anilines is 2. The Morgan fingerprint density at radius 2 is 1.07 bits per heavy atom. The molecule has 6 unspecified atom stereocenters. The molecule has 70 heavy (non-hydrogen) atoms. The van der Waals surface area contributed by atoms with E-state index < -0.39 is 23.7 Å². The SMILES string of the molecule is CC1CN(c2cc(Cl)nc(-c3cnc4cnc(C(F)(F)F)cn34)n2)C(C)C(c2cn[nH]c2)N1.COc1cc(N2CC(C)NC(c3cn[nH]c3)C2C)nc(-c2cnc3cnc(C(F)(F)F)cn23)n1.C[O-].[Na+]. The Balaban J connectivity index is 0.000000197. The van der Waals surface area contributed by atoms with Crippen LogP contribution in [0.2, 0.25) is 5.15 Å². The standard InChI is InChI=1S/C21H22F3N9O.C20H19ClF3N9.CH3O.Na/c1-11-9-32(12(2)19(29-11)13-5-27-28-6-13)16-4-18(34-3)31-20(30-16)14-7-26-17-8-25-15(10-33(14)17)21(22,23)24;1-10-8-32(11(2)18(29-10)12-4-27-28-5-12)16-3-15(21)30-19(31-16)13-6-26-17-7-25-14(9-33(13)17)20(22,23)24;1-2;/h4-8,10-12,19,29H,9H2,1-3H3,(H,27,28);3-7,9-11,18,29H,8H2,1-2H3,(H,27,28);1H3;/q;;-1;+1. The molecule has 2 aliphatic rings. The third-order valence-electron chi connectivity index (χ3n) is 11.6. The van der Waals surface area contributed by atoms with Crippen molar-refractivity contribution >= 4 is 34.5 Å². The maximum absolute atomic E-state index is 13.2. The molecule has 28 heteroatoms. The van der Waals surface area contributed by atoms with Crippen molar-refractivity contribution in [3.05, 3.63) is 102 Å². The number of H-pyrrole nitrogens is 2. The van der Waals surface area contributed by atoms with Crippen LogP contribution in [0, 0.1) is 0 Å². The summed E-state index contributed by atoms with van der Waals surface area (Å²) < 4.78 is 87.3. The number of halogens is 7. The molecule has 0 amide bonds. The average molecular weight is 1010 g/mol. The molecule has 8 aromatic rings. The summed E-state index contributed by atoms with van der Waals surface area (Å²) in [5.74, 6) is 1.82. The van der Waals surface area contributed by atoms with Crippen LogP contribution >= 0.6 is 11.6 Å². The molecule has 0 aromatic carbocycles. The van der Waals surface area contributed by atoms with E-state index in [1.165, 1.54) is 28.3 Å². The van der Waals surface area contributed by atoms with Crippen molar-refractivity contribution in [1.29, 1.82) is 0 Å². The van der Waals surface area contributed by atoms with Gasteiger partial charge >= 0.3 is 41.9 Å². The number of imidazole rings is 2. The molecule has 0 saturated carbocycles. The number of piperazine rings is 2. The molecule has 0 spiro atoms. The fourth-order valence-corrected chi connectivity index (χ4v) is 8.52. The number of nitrogens with one attached hydrogen (secondary N) is 4. The zero-order chi connectivity index (χ0) is 49.4. The Morgan fingerprint density at radius 3 is 1.49 bits per heavy atom. The molecule has 0 bridgehead atoms. The van der Waals surface area contributed by atoms with Crippen molar-refractivity contribution in [2.24, 2.45) is 0 Å². The van der Waals surface area contributed by atoms with Crippen LogP contribution in [0.3, 0.4) is 0 Å². The Hall–Kier alpha value is -6.03. The van der Waals surface area contributed by atoms with Gasteiger partial charge in [-0.3, -0.25) is 19.0 Å². The average Bonchev–Trinajstić information content (AvgIpc) is 4.18. The van der Waals surface area contributed by atoms with Gasteiger partial charge in [0.25, 0.3) is 0 Å². The summed E-state index contributed by atoms with van der Waals surface area (Å²) in [5.41, 5.74) is 1.02. The van der Waals surface area contributed by atoms with Crippen molar-refractivity contribution in [2.45, 2.75) is 76.3 Å². The van der Waals surface area contributed by atoms with E-state index in [9.17, 15) is 26.3 Å². The third kappa shape index (κ3) is 10.8. The van der Waals surface area contributed by atoms with Gasteiger partial charge in [0.1, 0.15) is 28.2 Å². The number of ether oxygens (including phenoxy) is 1. The van der Waals surface area contributed by atoms with Crippen LogP contribution in [0.4, 0.5) is 38.0 Å². The number of fused-ring (bicyclic) bond motifs is 2. The molecule has 2 saturated heterocycles. The van der Waals surface area contributed by atoms with E-state index in [0.717, 1.165) is 43.0 Å². The van der Waals surface area contributed by atoms with Crippen LogP contribution < -0.4 is 59.8 Å². The van der Waals surface area contributed by atoms with Gasteiger partial charge in [-0.05, 0) is 27.7 Å². The quantitative estimate of drug-likeness (QED) is 0.102. The van der Waals surface area contributed by atoms with Gasteiger partial charge in [-0.15, -0.1) is 0 Å². The maximum atomic E-state index is 13.2. The van der Waals surface area contributed by atoms with Gasteiger partial charge in [0.05, 0.1) is 56.4 Å². The number of rotatable bonds is 7. The van der Waals surface area contributed by atoms with E-state index in [1.807, 2.05) is 12.4 Å². The molecule has 0 radical (unpaired) electrons. The van der Waals surface area contributed by atoms with E-state index in [0.29, 0.717) is 36.3 Å². The Bertz CT molecular complexity index is 3010. The molecule has 20 nitrogen and oxygen atoms in total. The molecule has 8 aromatic heterocycles. The van der Waals surface area contributed by atoms with E-state index in [1.54, 1.807) is 24.5 Å². The second kappa shape index (κ2) is 21.1. The first-order chi connectivity index (χ1) is 32.9. The number of alkyl halides is 6. The zero-order valence-electron chi connectivity index (χ0n) is 38.5. The summed E-state index contributed by atoms with van der Waals surface area (Å²) in [6.07, 6.45) is 4.80. The van der Waals surface area contributed by atoms with E-state index in [2.05, 4.69) is 103 Å². The summed E-state index contributed by atoms with van der Waals surface area (Å²) in [6, 6.07) is 3.59. The summed E-state index contributed by atoms with van der Waals surface area (Å²) >= 11 is 6.33. The van der Waals surface area contributed by atoms with Gasteiger partial charge in [-0.25, -0.2) is 34.9 Å². The molecule has 364 valence electrons. The van der Waals surface area contributed by atoms with Crippen molar-refractivity contribution in [3.8, 4) is 28.9 Å². The third-order valence-corrected chi connectivity index (χ3v) is 11.8. The van der Waals surface area contributed by atoms with Crippen molar-refractivity contribution < 1.29 is 65.7 Å². The topological polar surface area (TPSA) is 232 Å². The molecule has 0 aliphatic carbocycles. The maximum Gasteiger partial charge on any atom is 1.00 e. The number of hydrogen-bond donors (Lipinski definition) is 4. The van der Waals surface area contributed by atoms with Crippen LogP contribution in [0.15, 0.2) is 74.1 Å². The zero-order valence-corrected chi connectivity index (χ0v) is 41.3. The summed E-state index contributed by atoms with van der Waals surface area (Å²) in [4.78, 5) is 37.5. The first kappa shape index (κ1) is 51.8. The minimum Gasteiger partial charge on any atom is -0.857 e. The fourth-order valence-electron chi connectivity index (χ4n) is 8.34. The Labute approximate surface area is 422 Å². The number of hydrogen-bond acceptors (Lipinski definition) is 16. The van der Waals surface area contributed by atoms with Gasteiger partial charge in [0, 0.05) is 85.3 Å². The van der Waals surface area contributed by atoms with E-state index >= 15 is 0 Å². The number of nitrogens with zero attached hydrogens (tertiary/aromatic N) is 14. The monoisotopic (exact) mass is 1000 g/mol. The largest absolute Gasteiger partial charge is 1.00 e. The molecule has 10 rings (SSSR count). The first-order valence-corrected chi connectivity index (χ1v) is 21.6. The van der Waals surface area contributed by atoms with E-state index in [4.69, 9.17) is 26.4 Å². The van der Waals surface area contributed by atoms with Crippen LogP contribution in [0.5, 0.6) is 5.88 Å². The number of aromatic nitrogens is 14. The predicted octanol–water partition coefficient (Wildman–Crippen LogP) is 2.35. The van der Waals surface area contributed by atoms with Crippen molar-refractivity contribution in [3.63, 3.8) is 0 Å². The van der Waals surface area contributed by atoms with Crippen LogP contribution in [-0.2, 0) is 12.4 Å². The molecule has 2 aliphatic heterocycles. The van der Waals surface area contributed by atoms with Crippen molar-refractivity contribution in [2.75, 3.05) is 37.1 Å². The van der Waals surface area contributed by atoms with Crippen LogP contribution in [0.25, 0.3) is 34.3 Å². The Kier molecular flexibility index (Phi) is 15.6. The second-order valence-corrected chi connectivity index (χ2v) is 16.6. The predicted molar refractivity (Wildman–Crippen MR) is 237 cm³/mol. The number of methoxy groups -OCH3 is 1.